The topological polar surface area (TPSA) is 81.3 Å². The molecule has 0 saturated heterocycles. The van der Waals surface area contributed by atoms with Crippen molar-refractivity contribution in [2.45, 2.75) is 19.9 Å². The summed E-state index contributed by atoms with van der Waals surface area (Å²) in [7, 11) is 1.83. The molecule has 170 valence electrons. The molecule has 5 rings (SSSR count). The van der Waals surface area contributed by atoms with Gasteiger partial charge < -0.3 is 5.32 Å². The molecule has 0 spiro atoms. The van der Waals surface area contributed by atoms with Crippen LogP contribution in [0.2, 0.25) is 0 Å². The van der Waals surface area contributed by atoms with Crippen molar-refractivity contribution >= 4 is 29.0 Å². The minimum Gasteiger partial charge on any atom is -0.322 e. The Hall–Kier alpha value is -4.04. The number of amides is 1. The highest BCUT2D eigenvalue weighted by Gasteiger charge is 2.32. The second kappa shape index (κ2) is 8.72. The third kappa shape index (κ3) is 3.92. The van der Waals surface area contributed by atoms with Gasteiger partial charge in [-0.3, -0.25) is 18.8 Å². The lowest BCUT2D eigenvalue weighted by molar-refractivity contribution is -0.113. The molecule has 0 unspecified atom stereocenters. The van der Waals surface area contributed by atoms with Gasteiger partial charge in [-0.1, -0.05) is 59.9 Å². The first-order valence-corrected chi connectivity index (χ1v) is 11.7. The number of hydrogen-bond donors (Lipinski definition) is 1. The zero-order valence-corrected chi connectivity index (χ0v) is 19.8. The molecule has 0 saturated carbocycles. The van der Waals surface area contributed by atoms with E-state index in [9.17, 15) is 9.59 Å². The van der Waals surface area contributed by atoms with Crippen LogP contribution in [0, 0.1) is 6.92 Å². The van der Waals surface area contributed by atoms with Crippen LogP contribution in [0.5, 0.6) is 0 Å². The number of aryl methyl sites for hydroxylation is 2. The molecule has 1 aliphatic heterocycles. The quantitative estimate of drug-likeness (QED) is 0.499. The number of nitrogens with one attached hydrogen (secondary N) is 1. The van der Waals surface area contributed by atoms with Gasteiger partial charge in [-0.25, -0.2) is 4.99 Å². The van der Waals surface area contributed by atoms with Crippen molar-refractivity contribution in [3.05, 3.63) is 115 Å². The first-order chi connectivity index (χ1) is 16.4. The van der Waals surface area contributed by atoms with E-state index in [1.54, 1.807) is 15.4 Å². The maximum Gasteiger partial charge on any atom is 0.271 e. The van der Waals surface area contributed by atoms with E-state index < -0.39 is 6.04 Å². The van der Waals surface area contributed by atoms with Crippen molar-refractivity contribution in [2.24, 2.45) is 12.0 Å². The van der Waals surface area contributed by atoms with Crippen LogP contribution in [0.3, 0.4) is 0 Å². The van der Waals surface area contributed by atoms with E-state index in [4.69, 9.17) is 0 Å². The maximum absolute atomic E-state index is 13.6. The van der Waals surface area contributed by atoms with Crippen molar-refractivity contribution < 1.29 is 4.79 Å². The molecular formula is C26H23N5O2S. The molecule has 2 aromatic carbocycles. The monoisotopic (exact) mass is 469 g/mol. The van der Waals surface area contributed by atoms with Gasteiger partial charge in [-0.05, 0) is 37.1 Å². The van der Waals surface area contributed by atoms with Crippen molar-refractivity contribution in [3.63, 3.8) is 0 Å². The fraction of sp³-hybridized carbons (Fsp3) is 0.154. The molecule has 0 fully saturated rings. The predicted octanol–water partition coefficient (Wildman–Crippen LogP) is 2.92. The van der Waals surface area contributed by atoms with Gasteiger partial charge in [0.25, 0.3) is 11.5 Å². The zero-order valence-electron chi connectivity index (χ0n) is 19.0. The van der Waals surface area contributed by atoms with Gasteiger partial charge in [0.05, 0.1) is 28.0 Å². The molecule has 1 amide bonds. The first kappa shape index (κ1) is 21.8. The number of thiazole rings is 1. The fourth-order valence-electron chi connectivity index (χ4n) is 4.13. The van der Waals surface area contributed by atoms with Crippen LogP contribution >= 0.6 is 11.3 Å². The maximum atomic E-state index is 13.6. The normalized spacial score (nSPS) is 15.7. The van der Waals surface area contributed by atoms with Gasteiger partial charge in [0.1, 0.15) is 0 Å². The number of carbonyl (C=O) groups is 1. The third-order valence-electron chi connectivity index (χ3n) is 5.80. The number of fused-ring (bicyclic) bond motifs is 1. The Morgan fingerprint density at radius 3 is 2.53 bits per heavy atom. The van der Waals surface area contributed by atoms with Gasteiger partial charge in [0.2, 0.25) is 0 Å². The number of para-hydroxylation sites is 1. The highest BCUT2D eigenvalue weighted by molar-refractivity contribution is 7.07. The van der Waals surface area contributed by atoms with E-state index in [0.717, 1.165) is 22.4 Å². The number of hydrogen-bond acceptors (Lipinski definition) is 5. The average molecular weight is 470 g/mol. The summed E-state index contributed by atoms with van der Waals surface area (Å²) in [4.78, 5) is 32.4. The van der Waals surface area contributed by atoms with Crippen LogP contribution in [0.25, 0.3) is 6.08 Å². The number of allylic oxidation sites excluding steroid dienone is 1. The van der Waals surface area contributed by atoms with Gasteiger partial charge in [0, 0.05) is 24.5 Å². The number of rotatable bonds is 4. The third-order valence-corrected chi connectivity index (χ3v) is 6.78. The summed E-state index contributed by atoms with van der Waals surface area (Å²) in [5.41, 5.74) is 4.23. The summed E-state index contributed by atoms with van der Waals surface area (Å²) in [5, 5.41) is 7.20. The summed E-state index contributed by atoms with van der Waals surface area (Å²) >= 11 is 1.31. The molecule has 0 radical (unpaired) electrons. The van der Waals surface area contributed by atoms with Crippen LogP contribution in [0.15, 0.2) is 88.0 Å². The SMILES string of the molecule is CC1=C(C(=O)Nc2ccccc2C)[C@H](c2ccccc2)n2c(sc(=Cc3cnn(C)c3)c2=O)=N1. The Kier molecular flexibility index (Phi) is 5.59. The minimum absolute atomic E-state index is 0.185. The predicted molar refractivity (Wildman–Crippen MR) is 133 cm³/mol. The Morgan fingerprint density at radius 1 is 1.09 bits per heavy atom. The van der Waals surface area contributed by atoms with E-state index in [0.29, 0.717) is 20.6 Å². The molecule has 1 atom stereocenters. The Bertz CT molecular complexity index is 1610. The summed E-state index contributed by atoms with van der Waals surface area (Å²) < 4.78 is 3.86. The van der Waals surface area contributed by atoms with Crippen molar-refractivity contribution in [2.75, 3.05) is 5.32 Å². The fourth-order valence-corrected chi connectivity index (χ4v) is 5.18. The van der Waals surface area contributed by atoms with E-state index in [1.807, 2.05) is 87.8 Å². The van der Waals surface area contributed by atoms with Crippen LogP contribution in [-0.4, -0.2) is 20.3 Å². The van der Waals surface area contributed by atoms with E-state index in [2.05, 4.69) is 15.4 Å². The summed E-state index contributed by atoms with van der Waals surface area (Å²) in [6.07, 6.45) is 5.36. The van der Waals surface area contributed by atoms with E-state index in [-0.39, 0.29) is 11.5 Å². The smallest absolute Gasteiger partial charge is 0.271 e. The molecule has 7 nitrogen and oxygen atoms in total. The molecule has 34 heavy (non-hydrogen) atoms. The van der Waals surface area contributed by atoms with Gasteiger partial charge in [-0.2, -0.15) is 5.10 Å². The molecule has 2 aromatic heterocycles. The molecule has 4 aromatic rings. The number of benzene rings is 2. The lowest BCUT2D eigenvalue weighted by atomic mass is 9.95. The molecule has 8 heteroatoms. The van der Waals surface area contributed by atoms with Crippen LogP contribution in [0.4, 0.5) is 5.69 Å². The summed E-state index contributed by atoms with van der Waals surface area (Å²) in [6.45, 7) is 3.76. The van der Waals surface area contributed by atoms with Crippen molar-refractivity contribution in [3.8, 4) is 0 Å². The van der Waals surface area contributed by atoms with E-state index >= 15 is 0 Å². The number of aromatic nitrogens is 3. The molecule has 1 aliphatic rings. The Morgan fingerprint density at radius 2 is 1.82 bits per heavy atom. The molecule has 0 aliphatic carbocycles. The molecule has 1 N–H and O–H groups in total. The number of anilines is 1. The largest absolute Gasteiger partial charge is 0.322 e. The van der Waals surface area contributed by atoms with Gasteiger partial charge in [0.15, 0.2) is 4.80 Å². The highest BCUT2D eigenvalue weighted by Crippen LogP contribution is 2.31. The second-order valence-corrected chi connectivity index (χ2v) is 9.22. The van der Waals surface area contributed by atoms with Crippen LogP contribution < -0.4 is 20.2 Å². The molecule has 3 heterocycles. The highest BCUT2D eigenvalue weighted by atomic mass is 32.1. The molecular weight excluding hydrogens is 446 g/mol. The standard InChI is InChI=1S/C26H23N5O2S/c1-16-9-7-8-12-20(16)29-24(32)22-17(2)28-26-31(23(22)19-10-5-4-6-11-19)25(33)21(34-26)13-18-14-27-30(3)15-18/h4-15,23H,1-3H3,(H,29,32)/t23-/m0/s1. The molecule has 0 bridgehead atoms. The van der Waals surface area contributed by atoms with E-state index in [1.165, 1.54) is 11.3 Å². The number of carbonyl (C=O) groups excluding carboxylic acids is 1. The Labute approximate surface area is 200 Å². The van der Waals surface area contributed by atoms with Crippen LogP contribution in [0.1, 0.15) is 29.7 Å². The zero-order chi connectivity index (χ0) is 23.8. The number of nitrogens with zero attached hydrogens (tertiary/aromatic N) is 4. The lowest BCUT2D eigenvalue weighted by Gasteiger charge is -2.25. The van der Waals surface area contributed by atoms with Crippen molar-refractivity contribution in [1.29, 1.82) is 0 Å². The minimum atomic E-state index is -0.586. The van der Waals surface area contributed by atoms with Gasteiger partial charge >= 0.3 is 0 Å². The van der Waals surface area contributed by atoms with Gasteiger partial charge in [-0.15, -0.1) is 0 Å². The lowest BCUT2D eigenvalue weighted by Crippen LogP contribution is -2.40. The van der Waals surface area contributed by atoms with Crippen LogP contribution in [-0.2, 0) is 11.8 Å². The Balaban J connectivity index is 1.67. The summed E-state index contributed by atoms with van der Waals surface area (Å²) in [6, 6.07) is 16.6. The first-order valence-electron chi connectivity index (χ1n) is 10.9. The summed E-state index contributed by atoms with van der Waals surface area (Å²) in [5.74, 6) is -0.272. The second-order valence-electron chi connectivity index (χ2n) is 8.21. The average Bonchev–Trinajstić information content (AvgIpc) is 3.37. The van der Waals surface area contributed by atoms with Crippen molar-refractivity contribution in [1.82, 2.24) is 14.3 Å².